The molecule has 0 aliphatic heterocycles. The minimum Gasteiger partial charge on any atom is -0.443 e. The van der Waals surface area contributed by atoms with Crippen LogP contribution in [-0.2, 0) is 4.74 Å². The van der Waals surface area contributed by atoms with Crippen molar-refractivity contribution >= 4 is 22.4 Å². The Morgan fingerprint density at radius 3 is 2.65 bits per heavy atom. The van der Waals surface area contributed by atoms with E-state index in [1.165, 1.54) is 16.2 Å². The van der Waals surface area contributed by atoms with E-state index in [0.29, 0.717) is 0 Å². The zero-order chi connectivity index (χ0) is 17.2. The first-order valence-electron chi connectivity index (χ1n) is 7.57. The lowest BCUT2D eigenvalue weighted by molar-refractivity contribution is 0.00992. The molecule has 5 nitrogen and oxygen atoms in total. The summed E-state index contributed by atoms with van der Waals surface area (Å²) in [7, 11) is 1.71. The second kappa shape index (κ2) is 6.66. The number of carbonyl (C=O) groups excluding carboxylic acids is 1. The number of hydrogen-bond acceptors (Lipinski definition) is 5. The molecule has 2 rings (SSSR count). The van der Waals surface area contributed by atoms with Crippen LogP contribution < -0.4 is 4.90 Å². The molecule has 0 aromatic carbocycles. The van der Waals surface area contributed by atoms with Crippen LogP contribution in [0.3, 0.4) is 0 Å². The highest BCUT2D eigenvalue weighted by atomic mass is 32.1. The molecule has 2 aromatic rings. The normalized spacial score (nSPS) is 11.6. The van der Waals surface area contributed by atoms with Gasteiger partial charge in [0.15, 0.2) is 0 Å². The first kappa shape index (κ1) is 17.4. The van der Waals surface area contributed by atoms with E-state index < -0.39 is 5.60 Å². The zero-order valence-corrected chi connectivity index (χ0v) is 15.3. The maximum absolute atomic E-state index is 12.4. The molecule has 2 heterocycles. The molecule has 0 aliphatic rings. The van der Waals surface area contributed by atoms with Gasteiger partial charge in [0.1, 0.15) is 15.6 Å². The molecule has 1 amide bonds. The molecule has 0 saturated carbocycles. The van der Waals surface area contributed by atoms with Crippen LogP contribution in [0, 0.1) is 12.8 Å². The van der Waals surface area contributed by atoms with E-state index >= 15 is 0 Å². The van der Waals surface area contributed by atoms with Gasteiger partial charge >= 0.3 is 6.09 Å². The molecule has 0 fully saturated rings. The Morgan fingerprint density at radius 2 is 2.09 bits per heavy atom. The van der Waals surface area contributed by atoms with Gasteiger partial charge in [0.05, 0.1) is 5.69 Å². The van der Waals surface area contributed by atoms with Crippen molar-refractivity contribution < 1.29 is 9.53 Å². The number of thiazole rings is 1. The van der Waals surface area contributed by atoms with Gasteiger partial charge in [-0.05, 0) is 38.8 Å². The third kappa shape index (κ3) is 3.88. The number of aromatic nitrogens is 2. The monoisotopic (exact) mass is 333 g/mol. The summed E-state index contributed by atoms with van der Waals surface area (Å²) in [5.41, 5.74) is 1.22. The highest BCUT2D eigenvalue weighted by Crippen LogP contribution is 2.34. The first-order chi connectivity index (χ1) is 10.7. The van der Waals surface area contributed by atoms with E-state index in [0.717, 1.165) is 21.3 Å². The molecule has 0 saturated heterocycles. The van der Waals surface area contributed by atoms with Crippen molar-refractivity contribution in [2.24, 2.45) is 5.92 Å². The lowest BCUT2D eigenvalue weighted by Gasteiger charge is -2.31. The predicted octanol–water partition coefficient (Wildman–Crippen LogP) is 4.52. The van der Waals surface area contributed by atoms with Crippen LogP contribution >= 0.6 is 11.3 Å². The molecular formula is C17H23N3O2S. The van der Waals surface area contributed by atoms with Crippen LogP contribution in [0.1, 0.15) is 33.4 Å². The van der Waals surface area contributed by atoms with Gasteiger partial charge in [-0.3, -0.25) is 9.88 Å². The van der Waals surface area contributed by atoms with E-state index in [2.05, 4.69) is 9.97 Å². The van der Waals surface area contributed by atoms with Gasteiger partial charge in [-0.2, -0.15) is 0 Å². The second-order valence-corrected chi connectivity index (χ2v) is 7.31. The average molecular weight is 333 g/mol. The summed E-state index contributed by atoms with van der Waals surface area (Å²) in [6, 6.07) is 3.82. The number of rotatable bonds is 4. The van der Waals surface area contributed by atoms with Crippen molar-refractivity contribution in [3.05, 3.63) is 30.2 Å². The second-order valence-electron chi connectivity index (χ2n) is 6.34. The van der Waals surface area contributed by atoms with Crippen LogP contribution in [0.4, 0.5) is 9.80 Å². The highest BCUT2D eigenvalue weighted by molar-refractivity contribution is 7.19. The Hall–Kier alpha value is -1.95. The van der Waals surface area contributed by atoms with Crippen LogP contribution in [0.5, 0.6) is 0 Å². The molecular weight excluding hydrogens is 310 g/mol. The van der Waals surface area contributed by atoms with E-state index in [1.54, 1.807) is 19.4 Å². The maximum Gasteiger partial charge on any atom is 0.415 e. The smallest absolute Gasteiger partial charge is 0.415 e. The minimum atomic E-state index is -0.518. The highest BCUT2D eigenvalue weighted by Gasteiger charge is 2.30. The molecule has 0 unspecified atom stereocenters. The Kier molecular flexibility index (Phi) is 5.04. The molecule has 124 valence electrons. The van der Waals surface area contributed by atoms with Gasteiger partial charge in [0.25, 0.3) is 0 Å². The molecule has 0 radical (unpaired) electrons. The molecule has 0 spiro atoms. The summed E-state index contributed by atoms with van der Waals surface area (Å²) >= 11 is 1.46. The van der Waals surface area contributed by atoms with Gasteiger partial charge in [-0.25, -0.2) is 9.78 Å². The third-order valence-electron chi connectivity index (χ3n) is 4.00. The van der Waals surface area contributed by atoms with Gasteiger partial charge < -0.3 is 4.74 Å². The molecule has 0 atom stereocenters. The number of hydrogen-bond donors (Lipinski definition) is 0. The van der Waals surface area contributed by atoms with Gasteiger partial charge in [-0.15, -0.1) is 0 Å². The summed E-state index contributed by atoms with van der Waals surface area (Å²) in [4.78, 5) is 22.6. The Bertz CT molecular complexity index is 680. The quantitative estimate of drug-likeness (QED) is 0.825. The van der Waals surface area contributed by atoms with Gasteiger partial charge in [-0.1, -0.05) is 25.2 Å². The standard InChI is InChI=1S/C17H23N3O2S/c1-11(2)17(4,5)22-16(21)20(6)15-12(3)19-14(23-15)13-8-7-9-18-10-13/h7-11H,1-6H3. The van der Waals surface area contributed by atoms with Gasteiger partial charge in [0, 0.05) is 25.0 Å². The van der Waals surface area contributed by atoms with Gasteiger partial charge in [0.2, 0.25) is 0 Å². The molecule has 0 N–H and O–H groups in total. The summed E-state index contributed by atoms with van der Waals surface area (Å²) in [5, 5.41) is 1.63. The average Bonchev–Trinajstić information content (AvgIpc) is 2.88. The molecule has 6 heteroatoms. The van der Waals surface area contributed by atoms with E-state index in [-0.39, 0.29) is 12.0 Å². The topological polar surface area (TPSA) is 55.3 Å². The van der Waals surface area contributed by atoms with Crippen LogP contribution in [0.25, 0.3) is 10.6 Å². The number of amides is 1. The van der Waals surface area contributed by atoms with E-state index in [4.69, 9.17) is 4.74 Å². The zero-order valence-electron chi connectivity index (χ0n) is 14.5. The Morgan fingerprint density at radius 1 is 1.39 bits per heavy atom. The number of aryl methyl sites for hydroxylation is 1. The van der Waals surface area contributed by atoms with Crippen LogP contribution in [-0.4, -0.2) is 28.7 Å². The van der Waals surface area contributed by atoms with Crippen LogP contribution in [0.2, 0.25) is 0 Å². The summed E-state index contributed by atoms with van der Waals surface area (Å²) in [5.74, 6) is 0.230. The molecule has 0 bridgehead atoms. The summed E-state index contributed by atoms with van der Waals surface area (Å²) in [6.45, 7) is 9.80. The fraction of sp³-hybridized carbons (Fsp3) is 0.471. The number of ether oxygens (including phenoxy) is 1. The predicted molar refractivity (Wildman–Crippen MR) is 93.9 cm³/mol. The van der Waals surface area contributed by atoms with Crippen LogP contribution in [0.15, 0.2) is 24.5 Å². The summed E-state index contributed by atoms with van der Waals surface area (Å²) in [6.07, 6.45) is 3.12. The fourth-order valence-corrected chi connectivity index (χ4v) is 2.82. The van der Waals surface area contributed by atoms with Crippen molar-refractivity contribution in [3.8, 4) is 10.6 Å². The number of pyridine rings is 1. The fourth-order valence-electron chi connectivity index (χ4n) is 1.81. The van der Waals surface area contributed by atoms with Crippen molar-refractivity contribution in [2.45, 2.75) is 40.2 Å². The van der Waals surface area contributed by atoms with Crippen molar-refractivity contribution in [2.75, 3.05) is 11.9 Å². The van der Waals surface area contributed by atoms with E-state index in [9.17, 15) is 4.79 Å². The van der Waals surface area contributed by atoms with Crippen molar-refractivity contribution in [3.63, 3.8) is 0 Å². The van der Waals surface area contributed by atoms with Crippen molar-refractivity contribution in [1.29, 1.82) is 0 Å². The number of carbonyl (C=O) groups is 1. The molecule has 23 heavy (non-hydrogen) atoms. The lowest BCUT2D eigenvalue weighted by Crippen LogP contribution is -2.39. The minimum absolute atomic E-state index is 0.230. The molecule has 0 aliphatic carbocycles. The Balaban J connectivity index is 2.22. The number of nitrogens with zero attached hydrogens (tertiary/aromatic N) is 3. The Labute approximate surface area is 141 Å². The lowest BCUT2D eigenvalue weighted by atomic mass is 9.95. The maximum atomic E-state index is 12.4. The third-order valence-corrected chi connectivity index (χ3v) is 5.28. The number of anilines is 1. The SMILES string of the molecule is Cc1nc(-c2cccnc2)sc1N(C)C(=O)OC(C)(C)C(C)C. The molecule has 2 aromatic heterocycles. The first-order valence-corrected chi connectivity index (χ1v) is 8.38. The summed E-state index contributed by atoms with van der Waals surface area (Å²) < 4.78 is 5.64. The van der Waals surface area contributed by atoms with Crippen molar-refractivity contribution in [1.82, 2.24) is 9.97 Å². The van der Waals surface area contributed by atoms with E-state index in [1.807, 2.05) is 46.8 Å². The largest absolute Gasteiger partial charge is 0.443 e.